The number of para-hydroxylation sites is 1. The van der Waals surface area contributed by atoms with Gasteiger partial charge in [0.1, 0.15) is 12.4 Å². The van der Waals surface area contributed by atoms with Crippen molar-refractivity contribution in [1.82, 2.24) is 19.2 Å². The summed E-state index contributed by atoms with van der Waals surface area (Å²) in [7, 11) is 0. The van der Waals surface area contributed by atoms with E-state index in [1.807, 2.05) is 43.3 Å². The molecule has 146 valence electrons. The molecule has 0 unspecified atom stereocenters. The number of amides is 1. The summed E-state index contributed by atoms with van der Waals surface area (Å²) in [5.41, 5.74) is 3.01. The van der Waals surface area contributed by atoms with Crippen LogP contribution in [0.25, 0.3) is 16.9 Å². The molecule has 4 aromatic rings. The van der Waals surface area contributed by atoms with Gasteiger partial charge in [-0.1, -0.05) is 54.1 Å². The van der Waals surface area contributed by atoms with Crippen LogP contribution in [0, 0.1) is 13.8 Å². The minimum atomic E-state index is -0.421. The van der Waals surface area contributed by atoms with Crippen LogP contribution in [0.2, 0.25) is 5.02 Å². The number of nitrogens with zero attached hydrogens (tertiary/aromatic N) is 4. The van der Waals surface area contributed by atoms with E-state index in [-0.39, 0.29) is 12.5 Å². The van der Waals surface area contributed by atoms with Gasteiger partial charge < -0.3 is 5.32 Å². The van der Waals surface area contributed by atoms with Crippen LogP contribution in [0.4, 0.5) is 5.69 Å². The van der Waals surface area contributed by atoms with E-state index >= 15 is 0 Å². The molecular formula is C21H18ClN5O2. The first kappa shape index (κ1) is 18.9. The van der Waals surface area contributed by atoms with Crippen LogP contribution in [-0.2, 0) is 11.3 Å². The van der Waals surface area contributed by atoms with Crippen molar-refractivity contribution in [2.24, 2.45) is 0 Å². The van der Waals surface area contributed by atoms with Crippen molar-refractivity contribution in [1.29, 1.82) is 0 Å². The van der Waals surface area contributed by atoms with Gasteiger partial charge in [0.2, 0.25) is 5.91 Å². The molecule has 0 saturated heterocycles. The van der Waals surface area contributed by atoms with Crippen molar-refractivity contribution in [3.05, 3.63) is 81.5 Å². The van der Waals surface area contributed by atoms with Crippen molar-refractivity contribution in [2.45, 2.75) is 20.4 Å². The number of nitrogens with one attached hydrogen (secondary N) is 1. The Morgan fingerprint density at radius 2 is 1.86 bits per heavy atom. The molecule has 7 nitrogen and oxygen atoms in total. The number of aryl methyl sites for hydroxylation is 2. The molecule has 0 aliphatic rings. The van der Waals surface area contributed by atoms with Crippen LogP contribution >= 0.6 is 11.6 Å². The second kappa shape index (κ2) is 7.52. The molecule has 0 saturated carbocycles. The van der Waals surface area contributed by atoms with Gasteiger partial charge >= 0.3 is 5.69 Å². The quantitative estimate of drug-likeness (QED) is 0.561. The zero-order valence-corrected chi connectivity index (χ0v) is 16.6. The predicted molar refractivity (Wildman–Crippen MR) is 112 cm³/mol. The monoisotopic (exact) mass is 407 g/mol. The maximum Gasteiger partial charge on any atom is 0.352 e. The molecule has 1 amide bonds. The second-order valence-electron chi connectivity index (χ2n) is 6.67. The molecule has 0 atom stereocenters. The molecule has 8 heteroatoms. The summed E-state index contributed by atoms with van der Waals surface area (Å²) in [5.74, 6) is 0.112. The number of halogens is 1. The number of aromatic nitrogens is 4. The summed E-state index contributed by atoms with van der Waals surface area (Å²) >= 11 is 6.16. The average molecular weight is 408 g/mol. The molecule has 0 aliphatic heterocycles. The zero-order valence-electron chi connectivity index (χ0n) is 15.9. The standard InChI is InChI=1S/C21H18ClN5O2/c1-13-7-6-10-16(22)20(13)24-19(28)12-26-21(29)27-14(2)23-17(11-18(27)25-26)15-8-4-3-5-9-15/h3-11H,12H2,1-2H3,(H,24,28). The molecule has 1 N–H and O–H groups in total. The van der Waals surface area contributed by atoms with E-state index in [9.17, 15) is 9.59 Å². The van der Waals surface area contributed by atoms with Gasteiger partial charge in [-0.15, -0.1) is 5.10 Å². The van der Waals surface area contributed by atoms with Crippen molar-refractivity contribution in [3.8, 4) is 11.3 Å². The van der Waals surface area contributed by atoms with Crippen LogP contribution in [0.15, 0.2) is 59.4 Å². The Morgan fingerprint density at radius 3 is 2.59 bits per heavy atom. The van der Waals surface area contributed by atoms with Crippen LogP contribution < -0.4 is 11.0 Å². The van der Waals surface area contributed by atoms with Gasteiger partial charge in [0.25, 0.3) is 0 Å². The van der Waals surface area contributed by atoms with Crippen LogP contribution in [-0.4, -0.2) is 25.1 Å². The van der Waals surface area contributed by atoms with Crippen LogP contribution in [0.3, 0.4) is 0 Å². The number of hydrogen-bond acceptors (Lipinski definition) is 4. The third-order valence-electron chi connectivity index (χ3n) is 4.59. The van der Waals surface area contributed by atoms with Gasteiger partial charge in [-0.05, 0) is 25.5 Å². The Bertz CT molecular complexity index is 1260. The molecule has 2 aromatic carbocycles. The van der Waals surface area contributed by atoms with Gasteiger partial charge in [0.05, 0.1) is 16.4 Å². The predicted octanol–water partition coefficient (Wildman–Crippen LogP) is 3.47. The minimum Gasteiger partial charge on any atom is -0.323 e. The Morgan fingerprint density at radius 1 is 1.10 bits per heavy atom. The summed E-state index contributed by atoms with van der Waals surface area (Å²) < 4.78 is 2.51. The first-order chi connectivity index (χ1) is 13.9. The fourth-order valence-corrected chi connectivity index (χ4v) is 3.44. The highest BCUT2D eigenvalue weighted by molar-refractivity contribution is 6.33. The summed E-state index contributed by atoms with van der Waals surface area (Å²) in [4.78, 5) is 29.7. The van der Waals surface area contributed by atoms with Crippen molar-refractivity contribution < 1.29 is 4.79 Å². The SMILES string of the molecule is Cc1cccc(Cl)c1NC(=O)Cn1nc2cc(-c3ccccc3)nc(C)n2c1=O. The largest absolute Gasteiger partial charge is 0.352 e. The zero-order chi connectivity index (χ0) is 20.5. The fraction of sp³-hybridized carbons (Fsp3) is 0.143. The summed E-state index contributed by atoms with van der Waals surface area (Å²) in [6, 6.07) is 16.7. The lowest BCUT2D eigenvalue weighted by Crippen LogP contribution is -2.29. The third kappa shape index (κ3) is 3.64. The molecule has 0 spiro atoms. The van der Waals surface area contributed by atoms with Gasteiger partial charge in [-0.25, -0.2) is 18.9 Å². The average Bonchev–Trinajstić information content (AvgIpc) is 3.01. The minimum absolute atomic E-state index is 0.231. The number of carbonyl (C=O) groups excluding carboxylic acids is 1. The molecule has 2 aromatic heterocycles. The van der Waals surface area contributed by atoms with E-state index in [0.717, 1.165) is 15.8 Å². The topological polar surface area (TPSA) is 81.3 Å². The van der Waals surface area contributed by atoms with Crippen LogP contribution in [0.1, 0.15) is 11.4 Å². The number of benzene rings is 2. The van der Waals surface area contributed by atoms with Crippen molar-refractivity contribution in [2.75, 3.05) is 5.32 Å². The van der Waals surface area contributed by atoms with Crippen LogP contribution in [0.5, 0.6) is 0 Å². The lowest BCUT2D eigenvalue weighted by molar-refractivity contribution is -0.117. The fourth-order valence-electron chi connectivity index (χ4n) is 3.17. The van der Waals surface area contributed by atoms with Gasteiger partial charge in [0, 0.05) is 11.6 Å². The first-order valence-corrected chi connectivity index (χ1v) is 9.39. The summed E-state index contributed by atoms with van der Waals surface area (Å²) in [6.45, 7) is 3.35. The molecule has 0 fully saturated rings. The van der Waals surface area contributed by atoms with Gasteiger partial charge in [-0.2, -0.15) is 0 Å². The molecule has 0 aliphatic carbocycles. The maximum absolute atomic E-state index is 12.7. The van der Waals surface area contributed by atoms with Gasteiger partial charge in [-0.3, -0.25) is 4.79 Å². The summed E-state index contributed by atoms with van der Waals surface area (Å²) in [6.07, 6.45) is 0. The van der Waals surface area contributed by atoms with Crippen molar-refractivity contribution >= 4 is 28.8 Å². The highest BCUT2D eigenvalue weighted by Gasteiger charge is 2.16. The molecule has 0 radical (unpaired) electrons. The smallest absolute Gasteiger partial charge is 0.323 e. The molecule has 29 heavy (non-hydrogen) atoms. The number of carbonyl (C=O) groups is 1. The van der Waals surface area contributed by atoms with Crippen molar-refractivity contribution in [3.63, 3.8) is 0 Å². The first-order valence-electron chi connectivity index (χ1n) is 9.01. The summed E-state index contributed by atoms with van der Waals surface area (Å²) in [5, 5.41) is 7.51. The van der Waals surface area contributed by atoms with Gasteiger partial charge in [0.15, 0.2) is 5.65 Å². The Hall–Kier alpha value is -3.45. The lowest BCUT2D eigenvalue weighted by Gasteiger charge is -2.09. The Labute approximate surface area is 171 Å². The molecular weight excluding hydrogens is 390 g/mol. The van der Waals surface area contributed by atoms with E-state index in [1.165, 1.54) is 4.40 Å². The van der Waals surface area contributed by atoms with E-state index < -0.39 is 5.69 Å². The number of fused-ring (bicyclic) bond motifs is 1. The lowest BCUT2D eigenvalue weighted by atomic mass is 10.1. The normalized spacial score (nSPS) is 11.0. The number of rotatable bonds is 4. The third-order valence-corrected chi connectivity index (χ3v) is 4.90. The maximum atomic E-state index is 12.7. The number of anilines is 1. The van der Waals surface area contributed by atoms with E-state index in [4.69, 9.17) is 11.6 Å². The second-order valence-corrected chi connectivity index (χ2v) is 7.08. The molecule has 0 bridgehead atoms. The van der Waals surface area contributed by atoms with E-state index in [1.54, 1.807) is 25.1 Å². The number of hydrogen-bond donors (Lipinski definition) is 1. The van der Waals surface area contributed by atoms with E-state index in [0.29, 0.717) is 27.9 Å². The highest BCUT2D eigenvalue weighted by atomic mass is 35.5. The van der Waals surface area contributed by atoms with E-state index in [2.05, 4.69) is 15.4 Å². The molecule has 2 heterocycles. The Kier molecular flexibility index (Phi) is 4.90. The molecule has 4 rings (SSSR count). The Balaban J connectivity index is 1.66. The highest BCUT2D eigenvalue weighted by Crippen LogP contribution is 2.25.